The Morgan fingerprint density at radius 3 is 1.17 bits per heavy atom. The Morgan fingerprint density at radius 1 is 0.625 bits per heavy atom. The van der Waals surface area contributed by atoms with E-state index in [0.29, 0.717) is 13.2 Å². The van der Waals surface area contributed by atoms with E-state index in [4.69, 9.17) is 19.2 Å². The van der Waals surface area contributed by atoms with E-state index in [2.05, 4.69) is 20.8 Å². The van der Waals surface area contributed by atoms with Crippen molar-refractivity contribution in [1.29, 1.82) is 0 Å². The first kappa shape index (κ1) is 20.0. The second-order valence-electron chi connectivity index (χ2n) is 5.72. The molecule has 0 unspecified atom stereocenters. The van der Waals surface area contributed by atoms with Gasteiger partial charge in [-0.15, -0.1) is 0 Å². The highest BCUT2D eigenvalue weighted by Crippen LogP contribution is 2.14. The van der Waals surface area contributed by atoms with Crippen LogP contribution in [0.1, 0.15) is 31.9 Å². The summed E-state index contributed by atoms with van der Waals surface area (Å²) in [6.45, 7) is 7.06. The Morgan fingerprint density at radius 2 is 0.917 bits per heavy atom. The summed E-state index contributed by atoms with van der Waals surface area (Å²) in [5.74, 6) is 3.07. The van der Waals surface area contributed by atoms with Crippen molar-refractivity contribution in [3.63, 3.8) is 0 Å². The average Bonchev–Trinajstić information content (AvgIpc) is 2.59. The zero-order chi connectivity index (χ0) is 17.8. The topological polar surface area (TPSA) is 36.9 Å². The van der Waals surface area contributed by atoms with Crippen molar-refractivity contribution in [3.8, 4) is 11.5 Å². The minimum atomic E-state index is 0.403. The Hall–Kier alpha value is -2.04. The van der Waals surface area contributed by atoms with Crippen LogP contribution in [0.4, 0.5) is 0 Å². The first-order valence-electron chi connectivity index (χ1n) is 7.82. The van der Waals surface area contributed by atoms with Crippen molar-refractivity contribution in [2.24, 2.45) is 0 Å². The molecular weight excluding hydrogens is 304 g/mol. The highest BCUT2D eigenvalue weighted by molar-refractivity contribution is 5.27. The summed E-state index contributed by atoms with van der Waals surface area (Å²) < 4.78 is 10.2. The molecule has 0 aliphatic carbocycles. The largest absolute Gasteiger partial charge is 0.497 e. The molecule has 0 heterocycles. The summed E-state index contributed by atoms with van der Waals surface area (Å²) in [5.41, 5.74) is 2.06. The zero-order valence-corrected chi connectivity index (χ0v) is 15.2. The van der Waals surface area contributed by atoms with Crippen LogP contribution >= 0.6 is 0 Å². The molecule has 0 fully saturated rings. The number of ether oxygens (including phenoxy) is 2. The molecule has 4 nitrogen and oxygen atoms in total. The average molecular weight is 331 g/mol. The summed E-state index contributed by atoms with van der Waals surface area (Å²) in [4.78, 5) is 10.4. The van der Waals surface area contributed by atoms with E-state index >= 15 is 0 Å². The maximum Gasteiger partial charge on any atom is 0.118 e. The van der Waals surface area contributed by atoms with E-state index in [1.807, 2.05) is 48.5 Å². The summed E-state index contributed by atoms with van der Waals surface area (Å²) in [6.07, 6.45) is 0. The molecule has 2 aromatic rings. The molecule has 0 spiro atoms. The second kappa shape index (κ2) is 11.5. The molecule has 0 aliphatic heterocycles. The molecule has 131 valence electrons. The van der Waals surface area contributed by atoms with Gasteiger partial charge in [0, 0.05) is 0 Å². The maximum absolute atomic E-state index is 5.18. The summed E-state index contributed by atoms with van der Waals surface area (Å²) in [7, 11) is 3.28. The lowest BCUT2D eigenvalue weighted by Crippen LogP contribution is -1.96. The van der Waals surface area contributed by atoms with Crippen molar-refractivity contribution in [2.45, 2.75) is 34.0 Å². The third-order valence-electron chi connectivity index (χ3n) is 2.85. The SMILES string of the molecule is COc1ccc(COOCc2ccc(OC)cc2)cc1.C[C](C)C. The molecule has 0 aromatic heterocycles. The van der Waals surface area contributed by atoms with Crippen LogP contribution in [0.5, 0.6) is 11.5 Å². The van der Waals surface area contributed by atoms with Crippen LogP contribution in [0, 0.1) is 5.92 Å². The minimum Gasteiger partial charge on any atom is -0.497 e. The Labute approximate surface area is 145 Å². The van der Waals surface area contributed by atoms with Gasteiger partial charge in [-0.1, -0.05) is 45.0 Å². The number of hydrogen-bond acceptors (Lipinski definition) is 4. The lowest BCUT2D eigenvalue weighted by molar-refractivity contribution is -0.313. The maximum atomic E-state index is 5.18. The van der Waals surface area contributed by atoms with Crippen molar-refractivity contribution >= 4 is 0 Å². The van der Waals surface area contributed by atoms with Crippen LogP contribution in [0.15, 0.2) is 48.5 Å². The van der Waals surface area contributed by atoms with Gasteiger partial charge in [0.2, 0.25) is 0 Å². The fraction of sp³-hybridized carbons (Fsp3) is 0.350. The normalized spacial score (nSPS) is 10.1. The molecule has 0 saturated carbocycles. The van der Waals surface area contributed by atoms with Crippen molar-refractivity contribution in [1.82, 2.24) is 0 Å². The summed E-state index contributed by atoms with van der Waals surface area (Å²) in [6, 6.07) is 15.3. The van der Waals surface area contributed by atoms with Gasteiger partial charge in [-0.05, 0) is 41.3 Å². The van der Waals surface area contributed by atoms with E-state index in [-0.39, 0.29) is 0 Å². The van der Waals surface area contributed by atoms with Gasteiger partial charge >= 0.3 is 0 Å². The first-order chi connectivity index (χ1) is 11.5. The number of methoxy groups -OCH3 is 2. The van der Waals surface area contributed by atoms with Crippen LogP contribution in [0.25, 0.3) is 0 Å². The second-order valence-corrected chi connectivity index (χ2v) is 5.72. The van der Waals surface area contributed by atoms with Crippen molar-refractivity contribution < 1.29 is 19.2 Å². The smallest absolute Gasteiger partial charge is 0.118 e. The quantitative estimate of drug-likeness (QED) is 0.408. The third-order valence-corrected chi connectivity index (χ3v) is 2.85. The summed E-state index contributed by atoms with van der Waals surface area (Å²) in [5, 5.41) is 0. The number of benzene rings is 2. The number of hydrogen-bond donors (Lipinski definition) is 0. The van der Waals surface area contributed by atoms with Crippen LogP contribution < -0.4 is 9.47 Å². The minimum absolute atomic E-state index is 0.403. The van der Waals surface area contributed by atoms with E-state index in [0.717, 1.165) is 22.6 Å². The van der Waals surface area contributed by atoms with Gasteiger partial charge in [-0.25, -0.2) is 9.78 Å². The molecule has 0 atom stereocenters. The molecule has 0 aliphatic rings. The molecule has 0 amide bonds. The zero-order valence-electron chi connectivity index (χ0n) is 15.2. The predicted molar refractivity (Wildman–Crippen MR) is 95.8 cm³/mol. The lowest BCUT2D eigenvalue weighted by Gasteiger charge is -2.06. The molecule has 0 bridgehead atoms. The van der Waals surface area contributed by atoms with Crippen LogP contribution in [-0.4, -0.2) is 14.2 Å². The Kier molecular flexibility index (Phi) is 9.58. The predicted octanol–water partition coefficient (Wildman–Crippen LogP) is 4.97. The van der Waals surface area contributed by atoms with Crippen LogP contribution in [0.3, 0.4) is 0 Å². The molecule has 0 N–H and O–H groups in total. The van der Waals surface area contributed by atoms with Gasteiger partial charge in [-0.2, -0.15) is 0 Å². The van der Waals surface area contributed by atoms with Gasteiger partial charge in [0.05, 0.1) is 14.2 Å². The van der Waals surface area contributed by atoms with Gasteiger partial charge in [0.25, 0.3) is 0 Å². The van der Waals surface area contributed by atoms with E-state index in [9.17, 15) is 0 Å². The Balaban J connectivity index is 0.000000648. The lowest BCUT2D eigenvalue weighted by atomic mass is 10.2. The molecule has 2 aromatic carbocycles. The molecule has 4 heteroatoms. The van der Waals surface area contributed by atoms with Crippen LogP contribution in [-0.2, 0) is 23.0 Å². The fourth-order valence-corrected chi connectivity index (χ4v) is 1.66. The molecule has 0 saturated heterocycles. The van der Waals surface area contributed by atoms with Crippen LogP contribution in [0.2, 0.25) is 0 Å². The molecule has 24 heavy (non-hydrogen) atoms. The van der Waals surface area contributed by atoms with Crippen molar-refractivity contribution in [2.75, 3.05) is 14.2 Å². The standard InChI is InChI=1S/C16H18O4.C4H9/c1-17-15-7-3-13(4-8-15)11-19-20-12-14-5-9-16(18-2)10-6-14;1-4(2)3/h3-10H,11-12H2,1-2H3;1-3H3. The van der Waals surface area contributed by atoms with Gasteiger partial charge in [0.15, 0.2) is 0 Å². The van der Waals surface area contributed by atoms with Gasteiger partial charge < -0.3 is 9.47 Å². The molecule has 2 rings (SSSR count). The summed E-state index contributed by atoms with van der Waals surface area (Å²) >= 11 is 0. The fourth-order valence-electron chi connectivity index (χ4n) is 1.66. The highest BCUT2D eigenvalue weighted by atomic mass is 17.2. The van der Waals surface area contributed by atoms with Crippen molar-refractivity contribution in [3.05, 3.63) is 65.6 Å². The van der Waals surface area contributed by atoms with Gasteiger partial charge in [0.1, 0.15) is 24.7 Å². The molecular formula is C20H27O4. The molecule has 1 radical (unpaired) electrons. The monoisotopic (exact) mass is 331 g/mol. The Bertz CT molecular complexity index is 495. The van der Waals surface area contributed by atoms with E-state index in [1.165, 1.54) is 5.92 Å². The first-order valence-corrected chi connectivity index (χ1v) is 7.82. The van der Waals surface area contributed by atoms with E-state index < -0.39 is 0 Å². The van der Waals surface area contributed by atoms with E-state index in [1.54, 1.807) is 14.2 Å². The highest BCUT2D eigenvalue weighted by Gasteiger charge is 1.98. The van der Waals surface area contributed by atoms with Gasteiger partial charge in [-0.3, -0.25) is 0 Å². The number of rotatable bonds is 7. The third kappa shape index (κ3) is 8.56.